The van der Waals surface area contributed by atoms with Gasteiger partial charge in [0, 0.05) is 15.2 Å². The third kappa shape index (κ3) is 2.49. The smallest absolute Gasteiger partial charge is 0.137 e. The highest BCUT2D eigenvalue weighted by Crippen LogP contribution is 2.35. The lowest BCUT2D eigenvalue weighted by atomic mass is 10.2. The minimum Gasteiger partial charge on any atom is -0.506 e. The molecule has 1 N–H and O–H groups in total. The fourth-order valence-electron chi connectivity index (χ4n) is 2.15. The van der Waals surface area contributed by atoms with Crippen LogP contribution < -0.4 is 0 Å². The maximum absolute atomic E-state index is 9.88. The van der Waals surface area contributed by atoms with E-state index in [1.807, 2.05) is 19.1 Å². The van der Waals surface area contributed by atoms with Gasteiger partial charge in [-0.1, -0.05) is 35.5 Å². The summed E-state index contributed by atoms with van der Waals surface area (Å²) in [4.78, 5) is 6.73. The zero-order valence-corrected chi connectivity index (χ0v) is 12.2. The molecule has 1 heterocycles. The Bertz CT molecular complexity index is 783. The van der Waals surface area contributed by atoms with Crippen LogP contribution in [0.15, 0.2) is 58.3 Å². The van der Waals surface area contributed by atoms with Crippen LogP contribution in [0.25, 0.3) is 10.9 Å². The molecule has 3 heteroatoms. The van der Waals surface area contributed by atoms with Gasteiger partial charge in [0.2, 0.25) is 0 Å². The van der Waals surface area contributed by atoms with Gasteiger partial charge in [-0.2, -0.15) is 0 Å². The fraction of sp³-hybridized carbons (Fsp3) is 0.118. The number of rotatable bonds is 2. The Morgan fingerprint density at radius 3 is 2.60 bits per heavy atom. The van der Waals surface area contributed by atoms with Crippen molar-refractivity contribution < 1.29 is 5.11 Å². The van der Waals surface area contributed by atoms with Crippen molar-refractivity contribution in [3.8, 4) is 5.75 Å². The van der Waals surface area contributed by atoms with Crippen molar-refractivity contribution in [2.75, 3.05) is 0 Å². The minimum atomic E-state index is 0.245. The van der Waals surface area contributed by atoms with Crippen molar-refractivity contribution in [3.05, 3.63) is 59.8 Å². The van der Waals surface area contributed by atoms with E-state index >= 15 is 0 Å². The van der Waals surface area contributed by atoms with Gasteiger partial charge < -0.3 is 5.11 Å². The zero-order valence-electron chi connectivity index (χ0n) is 11.4. The molecular formula is C17H15NOS. The van der Waals surface area contributed by atoms with Crippen LogP contribution in [0.1, 0.15) is 11.3 Å². The summed E-state index contributed by atoms with van der Waals surface area (Å²) in [6, 6.07) is 16.2. The molecule has 0 saturated heterocycles. The number of hydrogen-bond donors (Lipinski definition) is 1. The van der Waals surface area contributed by atoms with Crippen LogP contribution in [-0.2, 0) is 0 Å². The molecule has 20 heavy (non-hydrogen) atoms. The van der Waals surface area contributed by atoms with E-state index in [2.05, 4.69) is 42.2 Å². The van der Waals surface area contributed by atoms with Gasteiger partial charge in [0.05, 0.1) is 11.2 Å². The van der Waals surface area contributed by atoms with Crippen LogP contribution in [-0.4, -0.2) is 10.1 Å². The molecule has 0 spiro atoms. The first-order valence-corrected chi connectivity index (χ1v) is 7.29. The molecule has 0 amide bonds. The van der Waals surface area contributed by atoms with Crippen molar-refractivity contribution >= 4 is 22.7 Å². The third-order valence-electron chi connectivity index (χ3n) is 3.20. The van der Waals surface area contributed by atoms with Crippen LogP contribution in [0.4, 0.5) is 0 Å². The summed E-state index contributed by atoms with van der Waals surface area (Å²) >= 11 is 1.69. The van der Waals surface area contributed by atoms with Crippen LogP contribution in [0, 0.1) is 13.8 Å². The lowest BCUT2D eigenvalue weighted by molar-refractivity contribution is 0.469. The lowest BCUT2D eigenvalue weighted by Gasteiger charge is -2.08. The van der Waals surface area contributed by atoms with Crippen LogP contribution in [0.2, 0.25) is 0 Å². The summed E-state index contributed by atoms with van der Waals surface area (Å²) in [6.07, 6.45) is 0. The first kappa shape index (κ1) is 13.0. The standard InChI is InChI=1S/C17H15NOS/c1-11-5-3-6-13(9-11)20-17-8-4-7-15-14(17)10-16(19)12(2)18-15/h3-10,19H,1-2H3. The second-order valence-electron chi connectivity index (χ2n) is 4.83. The molecule has 3 aromatic rings. The Kier molecular flexibility index (Phi) is 3.36. The summed E-state index contributed by atoms with van der Waals surface area (Å²) in [5, 5.41) is 10.9. The molecule has 0 radical (unpaired) electrons. The largest absolute Gasteiger partial charge is 0.506 e. The summed E-state index contributed by atoms with van der Waals surface area (Å²) < 4.78 is 0. The average molecular weight is 281 g/mol. The molecule has 0 saturated carbocycles. The molecule has 0 aliphatic carbocycles. The lowest BCUT2D eigenvalue weighted by Crippen LogP contribution is -1.86. The van der Waals surface area contributed by atoms with Crippen molar-refractivity contribution in [3.63, 3.8) is 0 Å². The van der Waals surface area contributed by atoms with E-state index in [0.717, 1.165) is 15.8 Å². The molecule has 0 aliphatic rings. The maximum atomic E-state index is 9.88. The zero-order chi connectivity index (χ0) is 14.1. The number of pyridine rings is 1. The van der Waals surface area contributed by atoms with E-state index < -0.39 is 0 Å². The molecule has 0 bridgehead atoms. The summed E-state index contributed by atoms with van der Waals surface area (Å²) in [6.45, 7) is 3.90. The molecule has 0 atom stereocenters. The quantitative estimate of drug-likeness (QED) is 0.738. The highest BCUT2D eigenvalue weighted by atomic mass is 32.2. The Balaban J connectivity index is 2.09. The van der Waals surface area contributed by atoms with Crippen LogP contribution in [0.5, 0.6) is 5.75 Å². The number of aromatic nitrogens is 1. The molecule has 1 aromatic heterocycles. The number of fused-ring (bicyclic) bond motifs is 1. The van der Waals surface area contributed by atoms with E-state index in [9.17, 15) is 5.11 Å². The first-order valence-electron chi connectivity index (χ1n) is 6.47. The van der Waals surface area contributed by atoms with Gasteiger partial charge in [0.1, 0.15) is 5.75 Å². The molecular weight excluding hydrogens is 266 g/mol. The Morgan fingerprint density at radius 2 is 1.80 bits per heavy atom. The first-order chi connectivity index (χ1) is 9.63. The Labute approximate surface area is 122 Å². The SMILES string of the molecule is Cc1cccc(Sc2cccc3nc(C)c(O)cc23)c1. The number of aromatic hydroxyl groups is 1. The van der Waals surface area contributed by atoms with Crippen molar-refractivity contribution in [2.24, 2.45) is 0 Å². The highest BCUT2D eigenvalue weighted by molar-refractivity contribution is 7.99. The third-order valence-corrected chi connectivity index (χ3v) is 4.27. The number of hydrogen-bond acceptors (Lipinski definition) is 3. The highest BCUT2D eigenvalue weighted by Gasteiger charge is 2.07. The van der Waals surface area contributed by atoms with E-state index in [0.29, 0.717) is 5.69 Å². The number of nitrogens with zero attached hydrogens (tertiary/aromatic N) is 1. The maximum Gasteiger partial charge on any atom is 0.137 e. The fourth-order valence-corrected chi connectivity index (χ4v) is 3.21. The Hall–Kier alpha value is -2.00. The van der Waals surface area contributed by atoms with Gasteiger partial charge in [-0.25, -0.2) is 4.98 Å². The molecule has 3 rings (SSSR count). The monoisotopic (exact) mass is 281 g/mol. The number of benzene rings is 2. The van der Waals surface area contributed by atoms with E-state index in [1.54, 1.807) is 17.8 Å². The molecule has 2 aromatic carbocycles. The summed E-state index contributed by atoms with van der Waals surface area (Å²) in [7, 11) is 0. The molecule has 0 fully saturated rings. The molecule has 2 nitrogen and oxygen atoms in total. The summed E-state index contributed by atoms with van der Waals surface area (Å²) in [5.74, 6) is 0.245. The predicted octanol–water partition coefficient (Wildman–Crippen LogP) is 4.71. The molecule has 0 aliphatic heterocycles. The molecule has 100 valence electrons. The molecule has 0 unspecified atom stereocenters. The Morgan fingerprint density at radius 1 is 1.00 bits per heavy atom. The second kappa shape index (κ2) is 5.17. The van der Waals surface area contributed by atoms with E-state index in [4.69, 9.17) is 0 Å². The van der Waals surface area contributed by atoms with Gasteiger partial charge in [0.15, 0.2) is 0 Å². The van der Waals surface area contributed by atoms with Crippen molar-refractivity contribution in [1.29, 1.82) is 0 Å². The topological polar surface area (TPSA) is 33.1 Å². The normalized spacial score (nSPS) is 10.9. The van der Waals surface area contributed by atoms with Crippen molar-refractivity contribution in [1.82, 2.24) is 4.98 Å². The van der Waals surface area contributed by atoms with Crippen LogP contribution in [0.3, 0.4) is 0 Å². The summed E-state index contributed by atoms with van der Waals surface area (Å²) in [5.41, 5.74) is 2.82. The van der Waals surface area contributed by atoms with Gasteiger partial charge in [0.25, 0.3) is 0 Å². The van der Waals surface area contributed by atoms with Crippen molar-refractivity contribution in [2.45, 2.75) is 23.6 Å². The van der Waals surface area contributed by atoms with Gasteiger partial charge >= 0.3 is 0 Å². The van der Waals surface area contributed by atoms with Gasteiger partial charge in [-0.15, -0.1) is 0 Å². The van der Waals surface area contributed by atoms with Gasteiger partial charge in [-0.3, -0.25) is 0 Å². The minimum absolute atomic E-state index is 0.245. The average Bonchev–Trinajstić information content (AvgIpc) is 2.41. The van der Waals surface area contributed by atoms with E-state index in [1.165, 1.54) is 10.5 Å². The van der Waals surface area contributed by atoms with Gasteiger partial charge in [-0.05, 0) is 44.2 Å². The van der Waals surface area contributed by atoms with Crippen LogP contribution >= 0.6 is 11.8 Å². The second-order valence-corrected chi connectivity index (χ2v) is 5.95. The van der Waals surface area contributed by atoms with E-state index in [-0.39, 0.29) is 5.75 Å². The number of aryl methyl sites for hydroxylation is 2. The predicted molar refractivity (Wildman–Crippen MR) is 83.4 cm³/mol.